The van der Waals surface area contributed by atoms with Crippen LogP contribution in [0.4, 0.5) is 22.7 Å². The Labute approximate surface area is 110 Å². The van der Waals surface area contributed by atoms with Crippen molar-refractivity contribution in [2.24, 2.45) is 0 Å². The van der Waals surface area contributed by atoms with Gasteiger partial charge in [-0.25, -0.2) is 8.78 Å². The molecule has 5 nitrogen and oxygen atoms in total. The predicted molar refractivity (Wildman–Crippen MR) is 62.0 cm³/mol. The van der Waals surface area contributed by atoms with Crippen LogP contribution in [0, 0.1) is 0 Å². The van der Waals surface area contributed by atoms with Crippen molar-refractivity contribution >= 4 is 22.4 Å². The Morgan fingerprint density at radius 1 is 1.42 bits per heavy atom. The second kappa shape index (κ2) is 6.64. The van der Waals surface area contributed by atoms with Crippen molar-refractivity contribution < 1.29 is 22.4 Å². The molecule has 1 aromatic heterocycles. The van der Waals surface area contributed by atoms with Crippen LogP contribution in [0.2, 0.25) is 0 Å². The number of aromatic nitrogens is 2. The summed E-state index contributed by atoms with van der Waals surface area (Å²) in [5.41, 5.74) is 0. The number of carbonyl (C=O) groups excluding carboxylic acids is 1. The molecular formula is C9H12F4N4OS. The lowest BCUT2D eigenvalue weighted by molar-refractivity contribution is -0.123. The molecule has 0 aliphatic heterocycles. The minimum Gasteiger partial charge on any atom is -0.360 e. The molecule has 1 amide bonds. The lowest BCUT2D eigenvalue weighted by Gasteiger charge is -2.14. The Kier molecular flexibility index (Phi) is 5.45. The molecule has 1 rings (SSSR count). The molecule has 0 aliphatic carbocycles. The molecule has 19 heavy (non-hydrogen) atoms. The standard InChI is InChI=1S/C9H12F4N4OS/c1-2-3-14-8-17-16-6(19-8)5(18)15-4-9(12,13)7(10)11/h7H,2-4H2,1H3,(H,14,17)(H,15,18). The van der Waals surface area contributed by atoms with E-state index in [0.717, 1.165) is 17.8 Å². The van der Waals surface area contributed by atoms with Gasteiger partial charge in [0.25, 0.3) is 5.91 Å². The van der Waals surface area contributed by atoms with Gasteiger partial charge in [-0.15, -0.1) is 10.2 Å². The average Bonchev–Trinajstić information content (AvgIpc) is 2.82. The summed E-state index contributed by atoms with van der Waals surface area (Å²) in [5, 5.41) is 11.9. The number of nitrogens with one attached hydrogen (secondary N) is 2. The summed E-state index contributed by atoms with van der Waals surface area (Å²) in [7, 11) is 0. The number of rotatable bonds is 7. The predicted octanol–water partition coefficient (Wildman–Crippen LogP) is 1.99. The summed E-state index contributed by atoms with van der Waals surface area (Å²) in [6.45, 7) is 1.11. The largest absolute Gasteiger partial charge is 0.360 e. The second-order valence-corrected chi connectivity index (χ2v) is 4.56. The average molecular weight is 300 g/mol. The van der Waals surface area contributed by atoms with Gasteiger partial charge in [0, 0.05) is 6.54 Å². The molecule has 0 aliphatic rings. The number of alkyl halides is 4. The molecule has 0 saturated heterocycles. The van der Waals surface area contributed by atoms with Crippen LogP contribution < -0.4 is 10.6 Å². The van der Waals surface area contributed by atoms with E-state index in [0.29, 0.717) is 11.7 Å². The Bertz CT molecular complexity index is 426. The molecule has 0 unspecified atom stereocenters. The molecule has 0 saturated carbocycles. The van der Waals surface area contributed by atoms with E-state index in [1.807, 2.05) is 6.92 Å². The van der Waals surface area contributed by atoms with Gasteiger partial charge in [-0.3, -0.25) is 4.79 Å². The highest BCUT2D eigenvalue weighted by Crippen LogP contribution is 2.22. The zero-order chi connectivity index (χ0) is 14.5. The van der Waals surface area contributed by atoms with Gasteiger partial charge in [0.15, 0.2) is 0 Å². The number of nitrogens with zero attached hydrogens (tertiary/aromatic N) is 2. The monoisotopic (exact) mass is 300 g/mol. The summed E-state index contributed by atoms with van der Waals surface area (Å²) in [6.07, 6.45) is -2.99. The molecule has 0 bridgehead atoms. The van der Waals surface area contributed by atoms with Gasteiger partial charge in [0.1, 0.15) is 0 Å². The van der Waals surface area contributed by atoms with Crippen LogP contribution in [0.25, 0.3) is 0 Å². The minimum absolute atomic E-state index is 0.163. The normalized spacial score (nSPS) is 11.7. The van der Waals surface area contributed by atoms with Crippen LogP contribution in [-0.2, 0) is 0 Å². The van der Waals surface area contributed by atoms with Gasteiger partial charge in [0.2, 0.25) is 10.1 Å². The van der Waals surface area contributed by atoms with Crippen molar-refractivity contribution in [1.82, 2.24) is 15.5 Å². The van der Waals surface area contributed by atoms with Crippen molar-refractivity contribution in [3.05, 3.63) is 5.01 Å². The fourth-order valence-electron chi connectivity index (χ4n) is 0.969. The quantitative estimate of drug-likeness (QED) is 0.756. The third-order valence-electron chi connectivity index (χ3n) is 1.95. The highest BCUT2D eigenvalue weighted by Gasteiger charge is 2.41. The van der Waals surface area contributed by atoms with Crippen molar-refractivity contribution in [2.45, 2.75) is 25.7 Å². The zero-order valence-electron chi connectivity index (χ0n) is 9.92. The number of carbonyl (C=O) groups is 1. The van der Waals surface area contributed by atoms with E-state index in [9.17, 15) is 22.4 Å². The molecule has 1 aromatic rings. The molecule has 2 N–H and O–H groups in total. The molecule has 0 radical (unpaired) electrons. The molecule has 10 heteroatoms. The highest BCUT2D eigenvalue weighted by atomic mass is 32.1. The van der Waals surface area contributed by atoms with Gasteiger partial charge in [0.05, 0.1) is 6.54 Å². The van der Waals surface area contributed by atoms with Crippen LogP contribution in [0.1, 0.15) is 23.1 Å². The van der Waals surface area contributed by atoms with E-state index in [-0.39, 0.29) is 5.01 Å². The number of halogens is 4. The Morgan fingerprint density at radius 2 is 2.11 bits per heavy atom. The fraction of sp³-hybridized carbons (Fsp3) is 0.667. The number of hydrogen-bond donors (Lipinski definition) is 2. The van der Waals surface area contributed by atoms with E-state index in [2.05, 4.69) is 15.5 Å². The first-order chi connectivity index (χ1) is 8.86. The van der Waals surface area contributed by atoms with Gasteiger partial charge >= 0.3 is 12.3 Å². The van der Waals surface area contributed by atoms with Crippen molar-refractivity contribution in [2.75, 3.05) is 18.4 Å². The maximum atomic E-state index is 12.6. The first-order valence-electron chi connectivity index (χ1n) is 5.38. The molecule has 0 atom stereocenters. The smallest absolute Gasteiger partial charge is 0.324 e. The Morgan fingerprint density at radius 3 is 2.68 bits per heavy atom. The Hall–Kier alpha value is -1.45. The van der Waals surface area contributed by atoms with Gasteiger partial charge < -0.3 is 10.6 Å². The third-order valence-corrected chi connectivity index (χ3v) is 2.83. The number of hydrogen-bond acceptors (Lipinski definition) is 5. The van der Waals surface area contributed by atoms with Gasteiger partial charge in [-0.2, -0.15) is 8.78 Å². The minimum atomic E-state index is -4.26. The van der Waals surface area contributed by atoms with Crippen LogP contribution >= 0.6 is 11.3 Å². The van der Waals surface area contributed by atoms with Crippen molar-refractivity contribution in [3.63, 3.8) is 0 Å². The SMILES string of the molecule is CCCNc1nnc(C(=O)NCC(F)(F)C(F)F)s1. The lowest BCUT2D eigenvalue weighted by atomic mass is 10.3. The van der Waals surface area contributed by atoms with Gasteiger partial charge in [-0.05, 0) is 6.42 Å². The van der Waals surface area contributed by atoms with Crippen LogP contribution in [0.5, 0.6) is 0 Å². The Balaban J connectivity index is 2.52. The molecule has 0 spiro atoms. The van der Waals surface area contributed by atoms with E-state index in [4.69, 9.17) is 0 Å². The summed E-state index contributed by atoms with van der Waals surface area (Å²) < 4.78 is 48.9. The summed E-state index contributed by atoms with van der Waals surface area (Å²) in [4.78, 5) is 11.4. The molecule has 1 heterocycles. The van der Waals surface area contributed by atoms with E-state index in [1.165, 1.54) is 0 Å². The maximum Gasteiger partial charge on any atom is 0.324 e. The maximum absolute atomic E-state index is 12.6. The van der Waals surface area contributed by atoms with Crippen LogP contribution in [0.3, 0.4) is 0 Å². The van der Waals surface area contributed by atoms with Crippen LogP contribution in [0.15, 0.2) is 0 Å². The lowest BCUT2D eigenvalue weighted by Crippen LogP contribution is -2.41. The van der Waals surface area contributed by atoms with Crippen molar-refractivity contribution in [3.8, 4) is 0 Å². The molecule has 108 valence electrons. The third kappa shape index (κ3) is 4.62. The van der Waals surface area contributed by atoms with Crippen molar-refractivity contribution in [1.29, 1.82) is 0 Å². The number of amides is 1. The van der Waals surface area contributed by atoms with Gasteiger partial charge in [-0.1, -0.05) is 18.3 Å². The van der Waals surface area contributed by atoms with E-state index >= 15 is 0 Å². The van der Waals surface area contributed by atoms with E-state index in [1.54, 1.807) is 5.32 Å². The number of anilines is 1. The fourth-order valence-corrected chi connectivity index (χ4v) is 1.65. The highest BCUT2D eigenvalue weighted by molar-refractivity contribution is 7.17. The van der Waals surface area contributed by atoms with Crippen LogP contribution in [-0.4, -0.2) is 41.5 Å². The second-order valence-electron chi connectivity index (χ2n) is 3.58. The summed E-state index contributed by atoms with van der Waals surface area (Å²) >= 11 is 0.862. The zero-order valence-corrected chi connectivity index (χ0v) is 10.7. The molecular weight excluding hydrogens is 288 g/mol. The van der Waals surface area contributed by atoms with E-state index < -0.39 is 24.8 Å². The summed E-state index contributed by atoms with van der Waals surface area (Å²) in [6, 6.07) is 0. The topological polar surface area (TPSA) is 66.9 Å². The first kappa shape index (κ1) is 15.6. The molecule has 0 fully saturated rings. The first-order valence-corrected chi connectivity index (χ1v) is 6.20. The summed E-state index contributed by atoms with van der Waals surface area (Å²) in [5.74, 6) is -5.22. The molecule has 0 aromatic carbocycles.